The van der Waals surface area contributed by atoms with Crippen LogP contribution in [0.15, 0.2) is 54.7 Å². The van der Waals surface area contributed by atoms with Gasteiger partial charge < -0.3 is 9.88 Å². The molecule has 1 aromatic heterocycles. The summed E-state index contributed by atoms with van der Waals surface area (Å²) < 4.78 is 2.03. The highest BCUT2D eigenvalue weighted by Gasteiger charge is 2.23. The highest BCUT2D eigenvalue weighted by Crippen LogP contribution is 2.35. The van der Waals surface area contributed by atoms with Crippen LogP contribution in [0.25, 0.3) is 10.9 Å². The number of hydrogen-bond acceptors (Lipinski definition) is 3. The minimum atomic E-state index is -0.400. The Hall–Kier alpha value is -3.15. The molecule has 0 saturated heterocycles. The lowest BCUT2D eigenvalue weighted by Crippen LogP contribution is -2.28. The van der Waals surface area contributed by atoms with Crippen molar-refractivity contribution in [2.24, 2.45) is 13.0 Å². The summed E-state index contributed by atoms with van der Waals surface area (Å²) in [5.74, 6) is 0.0362. The first-order chi connectivity index (χ1) is 13.4. The number of fused-ring (bicyclic) bond motifs is 1. The lowest BCUT2D eigenvalue weighted by molar-refractivity contribution is -0.384. The number of carbonyl (C=O) groups excluding carboxylic acids is 1. The number of aromatic nitrogens is 1. The van der Waals surface area contributed by atoms with Crippen LogP contribution in [-0.2, 0) is 11.8 Å². The fraction of sp³-hybridized carbons (Fsp3) is 0.318. The molecule has 28 heavy (non-hydrogen) atoms. The molecular weight excluding hydrogens is 354 g/mol. The largest absolute Gasteiger partial charge is 0.356 e. The van der Waals surface area contributed by atoms with Crippen molar-refractivity contribution in [2.75, 3.05) is 6.54 Å². The maximum atomic E-state index is 12.6. The van der Waals surface area contributed by atoms with E-state index in [0.29, 0.717) is 12.5 Å². The van der Waals surface area contributed by atoms with Crippen molar-refractivity contribution < 1.29 is 9.72 Å². The highest BCUT2D eigenvalue weighted by molar-refractivity contribution is 5.86. The number of hydrogen-bond donors (Lipinski definition) is 1. The normalized spacial score (nSPS) is 12.3. The van der Waals surface area contributed by atoms with E-state index in [0.717, 1.165) is 22.0 Å². The molecule has 0 fully saturated rings. The summed E-state index contributed by atoms with van der Waals surface area (Å²) >= 11 is 0. The number of aryl methyl sites for hydroxylation is 1. The van der Waals surface area contributed by atoms with E-state index in [9.17, 15) is 14.9 Å². The molecule has 1 N–H and O–H groups in total. The summed E-state index contributed by atoms with van der Waals surface area (Å²) in [5.41, 5.74) is 2.87. The van der Waals surface area contributed by atoms with Crippen molar-refractivity contribution in [3.8, 4) is 0 Å². The minimum absolute atomic E-state index is 0.0327. The van der Waals surface area contributed by atoms with E-state index in [1.807, 2.05) is 62.0 Å². The third-order valence-corrected chi connectivity index (χ3v) is 4.88. The molecule has 2 aromatic carbocycles. The number of para-hydroxylation sites is 1. The number of amides is 1. The Balaban J connectivity index is 2.05. The second-order valence-corrected chi connectivity index (χ2v) is 7.52. The summed E-state index contributed by atoms with van der Waals surface area (Å²) in [7, 11) is 1.97. The second-order valence-electron chi connectivity index (χ2n) is 7.52. The molecule has 0 radical (unpaired) electrons. The van der Waals surface area contributed by atoms with Gasteiger partial charge in [0.05, 0.1) is 4.92 Å². The summed E-state index contributed by atoms with van der Waals surface area (Å²) in [6.07, 6.45) is 2.26. The average molecular weight is 379 g/mol. The van der Waals surface area contributed by atoms with Gasteiger partial charge in [0.2, 0.25) is 5.91 Å². The summed E-state index contributed by atoms with van der Waals surface area (Å²) in [5, 5.41) is 15.3. The molecule has 1 heterocycles. The van der Waals surface area contributed by atoms with Gasteiger partial charge in [-0.05, 0) is 23.1 Å². The molecule has 6 heteroatoms. The third-order valence-electron chi connectivity index (χ3n) is 4.88. The molecule has 0 aliphatic rings. The summed E-state index contributed by atoms with van der Waals surface area (Å²) in [6.45, 7) is 4.70. The first kappa shape index (κ1) is 19.6. The number of nitro benzene ring substituents is 1. The molecule has 0 spiro atoms. The molecular formula is C22H25N3O3. The molecule has 0 aliphatic heterocycles. The Labute approximate surface area is 164 Å². The maximum Gasteiger partial charge on any atom is 0.269 e. The van der Waals surface area contributed by atoms with Crippen LogP contribution in [0.5, 0.6) is 0 Å². The molecule has 146 valence electrons. The Morgan fingerprint density at radius 2 is 1.93 bits per heavy atom. The number of nitro groups is 1. The van der Waals surface area contributed by atoms with Crippen LogP contribution in [0, 0.1) is 16.0 Å². The molecule has 6 nitrogen and oxygen atoms in total. The zero-order valence-corrected chi connectivity index (χ0v) is 16.4. The molecule has 1 unspecified atom stereocenters. The van der Waals surface area contributed by atoms with Crippen LogP contribution in [0.1, 0.15) is 37.3 Å². The molecule has 0 saturated carbocycles. The smallest absolute Gasteiger partial charge is 0.269 e. The fourth-order valence-corrected chi connectivity index (χ4v) is 3.49. The van der Waals surface area contributed by atoms with E-state index in [4.69, 9.17) is 0 Å². The predicted molar refractivity (Wildman–Crippen MR) is 110 cm³/mol. The zero-order valence-electron chi connectivity index (χ0n) is 16.4. The van der Waals surface area contributed by atoms with Gasteiger partial charge >= 0.3 is 0 Å². The average Bonchev–Trinajstić information content (AvgIpc) is 3.01. The number of nitrogens with one attached hydrogen (secondary N) is 1. The molecule has 1 atom stereocenters. The quantitative estimate of drug-likeness (QED) is 0.489. The molecule has 3 rings (SSSR count). The minimum Gasteiger partial charge on any atom is -0.356 e. The van der Waals surface area contributed by atoms with Crippen molar-refractivity contribution in [1.29, 1.82) is 0 Å². The van der Waals surface area contributed by atoms with Gasteiger partial charge in [0.1, 0.15) is 0 Å². The van der Waals surface area contributed by atoms with Gasteiger partial charge in [0.15, 0.2) is 0 Å². The van der Waals surface area contributed by atoms with Gasteiger partial charge in [-0.15, -0.1) is 0 Å². The van der Waals surface area contributed by atoms with Gasteiger partial charge in [-0.25, -0.2) is 0 Å². The van der Waals surface area contributed by atoms with Crippen LogP contribution in [0.4, 0.5) is 5.69 Å². The second kappa shape index (κ2) is 8.25. The third kappa shape index (κ3) is 4.22. The molecule has 0 aliphatic carbocycles. The van der Waals surface area contributed by atoms with E-state index < -0.39 is 4.92 Å². The predicted octanol–water partition coefficient (Wildman–Crippen LogP) is 4.38. The Morgan fingerprint density at radius 3 is 2.64 bits per heavy atom. The van der Waals surface area contributed by atoms with Crippen molar-refractivity contribution in [1.82, 2.24) is 9.88 Å². The Kier molecular flexibility index (Phi) is 5.78. The van der Waals surface area contributed by atoms with Gasteiger partial charge in [0.25, 0.3) is 5.69 Å². The number of carbonyl (C=O) groups is 1. The number of non-ortho nitro benzene ring substituents is 1. The van der Waals surface area contributed by atoms with Crippen molar-refractivity contribution in [2.45, 2.75) is 26.2 Å². The van der Waals surface area contributed by atoms with Crippen LogP contribution >= 0.6 is 0 Å². The maximum absolute atomic E-state index is 12.6. The first-order valence-corrected chi connectivity index (χ1v) is 9.41. The van der Waals surface area contributed by atoms with Crippen molar-refractivity contribution in [3.05, 3.63) is 76.0 Å². The Morgan fingerprint density at radius 1 is 1.18 bits per heavy atom. The van der Waals surface area contributed by atoms with Crippen LogP contribution < -0.4 is 5.32 Å². The zero-order chi connectivity index (χ0) is 20.3. The molecule has 1 amide bonds. The molecule has 3 aromatic rings. The van der Waals surface area contributed by atoms with E-state index in [-0.39, 0.29) is 23.9 Å². The van der Waals surface area contributed by atoms with Gasteiger partial charge in [0, 0.05) is 55.2 Å². The Bertz CT molecular complexity index is 1010. The van der Waals surface area contributed by atoms with Crippen LogP contribution in [0.3, 0.4) is 0 Å². The van der Waals surface area contributed by atoms with E-state index in [2.05, 4.69) is 5.32 Å². The van der Waals surface area contributed by atoms with Crippen molar-refractivity contribution in [3.63, 3.8) is 0 Å². The number of nitrogens with zero attached hydrogens (tertiary/aromatic N) is 2. The standard InChI is InChI=1S/C22H25N3O3/c1-15(2)13-23-22(26)12-19(16-7-6-8-17(11-16)25(27)28)20-14-24(3)21-10-5-4-9-18(20)21/h4-11,14-15,19H,12-13H2,1-3H3,(H,23,26). The highest BCUT2D eigenvalue weighted by atomic mass is 16.6. The monoisotopic (exact) mass is 379 g/mol. The van der Waals surface area contributed by atoms with E-state index in [1.54, 1.807) is 12.1 Å². The van der Waals surface area contributed by atoms with Crippen molar-refractivity contribution >= 4 is 22.5 Å². The summed E-state index contributed by atoms with van der Waals surface area (Å²) in [4.78, 5) is 23.5. The lowest BCUT2D eigenvalue weighted by Gasteiger charge is -2.18. The first-order valence-electron chi connectivity index (χ1n) is 9.41. The van der Waals surface area contributed by atoms with Crippen LogP contribution in [-0.4, -0.2) is 21.9 Å². The SMILES string of the molecule is CC(C)CNC(=O)CC(c1cccc([N+](=O)[O-])c1)c1cn(C)c2ccccc12. The lowest BCUT2D eigenvalue weighted by atomic mass is 9.87. The molecule has 0 bridgehead atoms. The van der Waals surface area contributed by atoms with Gasteiger partial charge in [-0.1, -0.05) is 44.2 Å². The van der Waals surface area contributed by atoms with Crippen LogP contribution in [0.2, 0.25) is 0 Å². The van der Waals surface area contributed by atoms with E-state index in [1.165, 1.54) is 6.07 Å². The van der Waals surface area contributed by atoms with Gasteiger partial charge in [-0.2, -0.15) is 0 Å². The number of benzene rings is 2. The fourth-order valence-electron chi connectivity index (χ4n) is 3.49. The summed E-state index contributed by atoms with van der Waals surface area (Å²) in [6, 6.07) is 14.6. The number of rotatable bonds is 7. The van der Waals surface area contributed by atoms with Gasteiger partial charge in [-0.3, -0.25) is 14.9 Å². The topological polar surface area (TPSA) is 77.2 Å². The van der Waals surface area contributed by atoms with E-state index >= 15 is 0 Å².